The lowest BCUT2D eigenvalue weighted by Crippen LogP contribution is -2.55. The van der Waals surface area contributed by atoms with E-state index in [1.54, 1.807) is 11.8 Å². The number of hydrogen-bond acceptors (Lipinski definition) is 4. The number of nitrogens with zero attached hydrogens (tertiary/aromatic N) is 3. The molecule has 0 radical (unpaired) electrons. The van der Waals surface area contributed by atoms with E-state index in [9.17, 15) is 14.4 Å². The largest absolute Gasteiger partial charge is 0.479 e. The molecule has 2 saturated heterocycles. The van der Waals surface area contributed by atoms with Gasteiger partial charge in [-0.25, -0.2) is 4.79 Å². The zero-order chi connectivity index (χ0) is 20.4. The fraction of sp³-hybridized carbons (Fsp3) is 0.571. The molecule has 1 aromatic rings. The lowest BCUT2D eigenvalue weighted by Gasteiger charge is -2.40. The SMILES string of the molecule is C[C@@H]1Oc2ccccc2N(CCC(=O)N2CCC(N3CCCNC3=O)CC2)C1=O. The highest BCUT2D eigenvalue weighted by molar-refractivity contribution is 6.00. The van der Waals surface area contributed by atoms with E-state index in [1.165, 1.54) is 0 Å². The van der Waals surface area contributed by atoms with E-state index in [0.717, 1.165) is 38.0 Å². The molecule has 4 rings (SSSR count). The van der Waals surface area contributed by atoms with Gasteiger partial charge in [0.2, 0.25) is 5.91 Å². The number of piperidine rings is 1. The summed E-state index contributed by atoms with van der Waals surface area (Å²) in [7, 11) is 0. The number of fused-ring (bicyclic) bond motifs is 1. The topological polar surface area (TPSA) is 82.2 Å². The van der Waals surface area contributed by atoms with Gasteiger partial charge >= 0.3 is 6.03 Å². The lowest BCUT2D eigenvalue weighted by atomic mass is 10.0. The predicted molar refractivity (Wildman–Crippen MR) is 108 cm³/mol. The molecule has 0 saturated carbocycles. The van der Waals surface area contributed by atoms with E-state index >= 15 is 0 Å². The second kappa shape index (κ2) is 8.31. The fourth-order valence-electron chi connectivity index (χ4n) is 4.38. The third-order valence-electron chi connectivity index (χ3n) is 5.99. The van der Waals surface area contributed by atoms with Gasteiger partial charge in [0.1, 0.15) is 5.75 Å². The second-order valence-corrected chi connectivity index (χ2v) is 7.86. The molecule has 2 fully saturated rings. The summed E-state index contributed by atoms with van der Waals surface area (Å²) in [6.45, 7) is 4.91. The van der Waals surface area contributed by atoms with Crippen molar-refractivity contribution in [2.45, 2.75) is 44.8 Å². The first-order valence-electron chi connectivity index (χ1n) is 10.4. The van der Waals surface area contributed by atoms with E-state index in [1.807, 2.05) is 34.1 Å². The highest BCUT2D eigenvalue weighted by atomic mass is 16.5. The number of carbonyl (C=O) groups excluding carboxylic acids is 3. The molecule has 0 aliphatic carbocycles. The van der Waals surface area contributed by atoms with E-state index < -0.39 is 6.10 Å². The van der Waals surface area contributed by atoms with E-state index in [-0.39, 0.29) is 30.3 Å². The van der Waals surface area contributed by atoms with Crippen LogP contribution in [0, 0.1) is 0 Å². The molecule has 29 heavy (non-hydrogen) atoms. The minimum Gasteiger partial charge on any atom is -0.479 e. The Labute approximate surface area is 170 Å². The molecule has 0 unspecified atom stereocenters. The average molecular weight is 400 g/mol. The molecule has 156 valence electrons. The van der Waals surface area contributed by atoms with Crippen LogP contribution in [0.25, 0.3) is 0 Å². The van der Waals surface area contributed by atoms with Crippen molar-refractivity contribution in [2.75, 3.05) is 37.6 Å². The van der Waals surface area contributed by atoms with Gasteiger partial charge in [0, 0.05) is 45.2 Å². The molecule has 8 nitrogen and oxygen atoms in total. The van der Waals surface area contributed by atoms with Crippen molar-refractivity contribution < 1.29 is 19.1 Å². The normalized spacial score (nSPS) is 22.8. The molecular weight excluding hydrogens is 372 g/mol. The van der Waals surface area contributed by atoms with E-state index in [4.69, 9.17) is 4.74 Å². The summed E-state index contributed by atoms with van der Waals surface area (Å²) >= 11 is 0. The van der Waals surface area contributed by atoms with Crippen molar-refractivity contribution in [1.82, 2.24) is 15.1 Å². The van der Waals surface area contributed by atoms with Crippen molar-refractivity contribution in [1.29, 1.82) is 0 Å². The number of ether oxygens (including phenoxy) is 1. The number of amides is 4. The first kappa shape index (κ1) is 19.5. The van der Waals surface area contributed by atoms with Crippen LogP contribution in [0.1, 0.15) is 32.6 Å². The highest BCUT2D eigenvalue weighted by Crippen LogP contribution is 2.33. The molecule has 3 aliphatic rings. The molecule has 1 N–H and O–H groups in total. The zero-order valence-electron chi connectivity index (χ0n) is 16.8. The quantitative estimate of drug-likeness (QED) is 0.832. The minimum absolute atomic E-state index is 0.0136. The number of benzene rings is 1. The molecule has 8 heteroatoms. The molecule has 3 heterocycles. The third-order valence-corrected chi connectivity index (χ3v) is 5.99. The van der Waals surface area contributed by atoms with Crippen LogP contribution in [0.5, 0.6) is 5.75 Å². The van der Waals surface area contributed by atoms with Gasteiger partial charge in [-0.3, -0.25) is 9.59 Å². The molecule has 1 aromatic carbocycles. The summed E-state index contributed by atoms with van der Waals surface area (Å²) in [5, 5.41) is 2.89. The Morgan fingerprint density at radius 1 is 1.17 bits per heavy atom. The summed E-state index contributed by atoms with van der Waals surface area (Å²) in [5.41, 5.74) is 0.721. The van der Waals surface area contributed by atoms with Crippen LogP contribution in [0.15, 0.2) is 24.3 Å². The number of nitrogens with one attached hydrogen (secondary N) is 1. The predicted octanol–water partition coefficient (Wildman–Crippen LogP) is 1.60. The van der Waals surface area contributed by atoms with Crippen LogP contribution in [0.3, 0.4) is 0 Å². The summed E-state index contributed by atoms with van der Waals surface area (Å²) in [6, 6.07) is 7.64. The highest BCUT2D eigenvalue weighted by Gasteiger charge is 2.33. The zero-order valence-corrected chi connectivity index (χ0v) is 16.8. The maximum atomic E-state index is 12.8. The smallest absolute Gasteiger partial charge is 0.317 e. The molecular formula is C21H28N4O4. The number of likely N-dealkylation sites (tertiary alicyclic amines) is 1. The summed E-state index contributed by atoms with van der Waals surface area (Å²) in [4.78, 5) is 42.8. The van der Waals surface area contributed by atoms with Crippen LogP contribution >= 0.6 is 0 Å². The first-order valence-corrected chi connectivity index (χ1v) is 10.4. The Morgan fingerprint density at radius 2 is 1.93 bits per heavy atom. The number of anilines is 1. The molecule has 4 amide bonds. The number of carbonyl (C=O) groups is 3. The summed E-state index contributed by atoms with van der Waals surface area (Å²) in [5.74, 6) is 0.606. The molecule has 0 spiro atoms. The van der Waals surface area contributed by atoms with Gasteiger partial charge in [-0.2, -0.15) is 0 Å². The Bertz CT molecular complexity index is 791. The van der Waals surface area contributed by atoms with Crippen molar-refractivity contribution in [3.63, 3.8) is 0 Å². The Kier molecular flexibility index (Phi) is 5.60. The van der Waals surface area contributed by atoms with Crippen LogP contribution < -0.4 is 15.0 Å². The standard InChI is InChI=1S/C21H28N4O4/c1-15-20(27)25(17-5-2-3-6-18(17)29-15)14-9-19(26)23-12-7-16(8-13-23)24-11-4-10-22-21(24)28/h2-3,5-6,15-16H,4,7-14H2,1H3,(H,22,28)/t15-/m0/s1. The van der Waals surface area contributed by atoms with Crippen LogP contribution in [0.4, 0.5) is 10.5 Å². The Morgan fingerprint density at radius 3 is 2.69 bits per heavy atom. The first-order chi connectivity index (χ1) is 14.0. The number of hydrogen-bond donors (Lipinski definition) is 1. The van der Waals surface area contributed by atoms with Crippen molar-refractivity contribution >= 4 is 23.5 Å². The van der Waals surface area contributed by atoms with Crippen LogP contribution in [-0.2, 0) is 9.59 Å². The van der Waals surface area contributed by atoms with Gasteiger partial charge in [-0.15, -0.1) is 0 Å². The molecule has 0 aromatic heterocycles. The Balaban J connectivity index is 1.31. The van der Waals surface area contributed by atoms with Crippen molar-refractivity contribution in [3.05, 3.63) is 24.3 Å². The molecule has 0 bridgehead atoms. The fourth-order valence-corrected chi connectivity index (χ4v) is 4.38. The van der Waals surface area contributed by atoms with Crippen molar-refractivity contribution in [2.24, 2.45) is 0 Å². The average Bonchev–Trinajstić information content (AvgIpc) is 2.74. The van der Waals surface area contributed by atoms with Gasteiger partial charge in [-0.05, 0) is 38.3 Å². The second-order valence-electron chi connectivity index (χ2n) is 7.86. The molecule has 1 atom stereocenters. The van der Waals surface area contributed by atoms with Crippen LogP contribution in [-0.4, -0.2) is 72.5 Å². The van der Waals surface area contributed by atoms with Gasteiger partial charge in [0.05, 0.1) is 5.69 Å². The number of rotatable bonds is 4. The van der Waals surface area contributed by atoms with E-state index in [0.29, 0.717) is 25.4 Å². The summed E-state index contributed by atoms with van der Waals surface area (Å²) < 4.78 is 5.65. The third kappa shape index (κ3) is 4.02. The summed E-state index contributed by atoms with van der Waals surface area (Å²) in [6.07, 6.45) is 2.30. The maximum Gasteiger partial charge on any atom is 0.317 e. The van der Waals surface area contributed by atoms with Gasteiger partial charge in [0.15, 0.2) is 6.10 Å². The van der Waals surface area contributed by atoms with Gasteiger partial charge < -0.3 is 24.8 Å². The van der Waals surface area contributed by atoms with Crippen molar-refractivity contribution in [3.8, 4) is 5.75 Å². The molecule has 3 aliphatic heterocycles. The van der Waals surface area contributed by atoms with E-state index in [2.05, 4.69) is 5.32 Å². The van der Waals surface area contributed by atoms with Crippen LogP contribution in [0.2, 0.25) is 0 Å². The number of para-hydroxylation sites is 2. The maximum absolute atomic E-state index is 12.8. The lowest BCUT2D eigenvalue weighted by molar-refractivity contribution is -0.132. The van der Waals surface area contributed by atoms with Gasteiger partial charge in [-0.1, -0.05) is 12.1 Å². The Hall–Kier alpha value is -2.77. The minimum atomic E-state index is -0.550. The number of urea groups is 1. The van der Waals surface area contributed by atoms with Gasteiger partial charge in [0.25, 0.3) is 5.91 Å². The monoisotopic (exact) mass is 400 g/mol.